The number of hydrogen-bond donors (Lipinski definition) is 0. The van der Waals surface area contributed by atoms with Gasteiger partial charge in [0.1, 0.15) is 0 Å². The summed E-state index contributed by atoms with van der Waals surface area (Å²) in [7, 11) is 0. The molecule has 4 heteroatoms. The van der Waals surface area contributed by atoms with Crippen molar-refractivity contribution in [3.05, 3.63) is 116 Å². The fourth-order valence-electron chi connectivity index (χ4n) is 5.91. The zero-order valence-corrected chi connectivity index (χ0v) is 21.2. The largest absolute Gasteiger partial charge is 0.274 e. The zero-order chi connectivity index (χ0) is 23.6. The first-order valence-electron chi connectivity index (χ1n) is 11.6. The Morgan fingerprint density at radius 3 is 1.65 bits per heavy atom. The van der Waals surface area contributed by atoms with Gasteiger partial charge in [-0.05, 0) is 70.8 Å². The molecule has 0 N–H and O–H groups in total. The Hall–Kier alpha value is -2.99. The number of amides is 2. The Bertz CT molecular complexity index is 1300. The molecule has 2 bridgehead atoms. The van der Waals surface area contributed by atoms with Crippen LogP contribution in [-0.2, 0) is 9.59 Å². The lowest BCUT2D eigenvalue weighted by Gasteiger charge is -2.22. The van der Waals surface area contributed by atoms with Crippen LogP contribution in [0.2, 0.25) is 0 Å². The van der Waals surface area contributed by atoms with E-state index in [0.29, 0.717) is 5.69 Å². The van der Waals surface area contributed by atoms with Gasteiger partial charge in [0.25, 0.3) is 0 Å². The van der Waals surface area contributed by atoms with Crippen LogP contribution in [0.25, 0.3) is 5.57 Å². The van der Waals surface area contributed by atoms with E-state index in [-0.39, 0.29) is 35.5 Å². The molecule has 2 fully saturated rings. The van der Waals surface area contributed by atoms with Crippen LogP contribution in [0.5, 0.6) is 0 Å². The van der Waals surface area contributed by atoms with Gasteiger partial charge in [-0.1, -0.05) is 83.9 Å². The zero-order valence-electron chi connectivity index (χ0n) is 19.0. The van der Waals surface area contributed by atoms with Crippen molar-refractivity contribution in [3.8, 4) is 0 Å². The summed E-state index contributed by atoms with van der Waals surface area (Å²) >= 11 is 2.20. The smallest absolute Gasteiger partial charge is 0.238 e. The van der Waals surface area contributed by atoms with Gasteiger partial charge in [-0.3, -0.25) is 9.59 Å². The lowest BCUT2D eigenvalue weighted by atomic mass is 9.85. The van der Waals surface area contributed by atoms with E-state index in [1.807, 2.05) is 24.3 Å². The van der Waals surface area contributed by atoms with Crippen molar-refractivity contribution >= 4 is 45.7 Å². The minimum atomic E-state index is -0.334. The van der Waals surface area contributed by atoms with Crippen molar-refractivity contribution in [2.75, 3.05) is 4.90 Å². The van der Waals surface area contributed by atoms with E-state index >= 15 is 0 Å². The van der Waals surface area contributed by atoms with Crippen molar-refractivity contribution in [1.82, 2.24) is 0 Å². The molecule has 0 spiro atoms. The number of anilines is 1. The number of para-hydroxylation sites is 1. The normalized spacial score (nSPS) is 24.8. The molecule has 1 aliphatic heterocycles. The van der Waals surface area contributed by atoms with Gasteiger partial charge in [0.05, 0.1) is 17.5 Å². The Morgan fingerprint density at radius 2 is 1.18 bits per heavy atom. The molecular weight excluding hydrogens is 533 g/mol. The number of nitrogens with zero attached hydrogens (tertiary/aromatic N) is 1. The average molecular weight is 557 g/mol. The number of carbonyl (C=O) groups excluding carboxylic acids is 2. The summed E-state index contributed by atoms with van der Waals surface area (Å²) in [4.78, 5) is 28.9. The molecule has 0 unspecified atom stereocenters. The molecule has 34 heavy (non-hydrogen) atoms. The number of fused-ring (bicyclic) bond motifs is 5. The maximum absolute atomic E-state index is 13.7. The number of imide groups is 1. The van der Waals surface area contributed by atoms with E-state index in [1.54, 1.807) is 0 Å². The summed E-state index contributed by atoms with van der Waals surface area (Å²) in [6.07, 6.45) is 4.32. The third kappa shape index (κ3) is 3.15. The number of hydrogen-bond acceptors (Lipinski definition) is 2. The van der Waals surface area contributed by atoms with Crippen LogP contribution >= 0.6 is 22.6 Å². The predicted molar refractivity (Wildman–Crippen MR) is 143 cm³/mol. The highest BCUT2D eigenvalue weighted by atomic mass is 127. The molecule has 3 aliphatic rings. The van der Waals surface area contributed by atoms with Crippen molar-refractivity contribution in [2.45, 2.75) is 13.8 Å². The molecule has 2 amide bonds. The summed E-state index contributed by atoms with van der Waals surface area (Å²) in [5.74, 6) is -0.925. The first-order valence-corrected chi connectivity index (χ1v) is 12.7. The van der Waals surface area contributed by atoms with Gasteiger partial charge in [-0.25, -0.2) is 4.90 Å². The molecule has 0 aromatic heterocycles. The molecule has 168 valence electrons. The SMILES string of the molecule is Cc1ccc(C(=C2[C@H]3C=C[C@H]2[C@@H]2C(=O)N(c4ccccc4I)C(=O)[C@H]23)c2ccc(C)cc2)cc1. The summed E-state index contributed by atoms with van der Waals surface area (Å²) in [5, 5.41) is 0. The highest BCUT2D eigenvalue weighted by Crippen LogP contribution is 2.59. The summed E-state index contributed by atoms with van der Waals surface area (Å²) < 4.78 is 0.915. The Morgan fingerprint density at radius 1 is 0.706 bits per heavy atom. The first kappa shape index (κ1) is 21.5. The molecule has 0 radical (unpaired) electrons. The van der Waals surface area contributed by atoms with Crippen LogP contribution in [0.4, 0.5) is 5.69 Å². The molecule has 1 heterocycles. The fourth-order valence-corrected chi connectivity index (χ4v) is 6.54. The minimum absolute atomic E-state index is 0.0598. The topological polar surface area (TPSA) is 37.4 Å². The number of carbonyl (C=O) groups is 2. The van der Waals surface area contributed by atoms with Crippen LogP contribution in [0.3, 0.4) is 0 Å². The second-order valence-electron chi connectivity index (χ2n) is 9.51. The van der Waals surface area contributed by atoms with Gasteiger partial charge < -0.3 is 0 Å². The molecule has 3 aromatic carbocycles. The van der Waals surface area contributed by atoms with E-state index in [9.17, 15) is 9.59 Å². The second kappa shape index (κ2) is 8.05. The lowest BCUT2D eigenvalue weighted by molar-refractivity contribution is -0.122. The number of benzene rings is 3. The van der Waals surface area contributed by atoms with Crippen LogP contribution in [0.1, 0.15) is 22.3 Å². The Kier molecular flexibility index (Phi) is 5.10. The highest BCUT2D eigenvalue weighted by molar-refractivity contribution is 14.1. The Labute approximate surface area is 213 Å². The van der Waals surface area contributed by atoms with Crippen molar-refractivity contribution in [1.29, 1.82) is 0 Å². The highest BCUT2D eigenvalue weighted by Gasteiger charge is 2.62. The van der Waals surface area contributed by atoms with E-state index in [4.69, 9.17) is 0 Å². The number of aryl methyl sites for hydroxylation is 2. The minimum Gasteiger partial charge on any atom is -0.274 e. The van der Waals surface area contributed by atoms with Crippen molar-refractivity contribution in [2.24, 2.45) is 23.7 Å². The van der Waals surface area contributed by atoms with Crippen LogP contribution in [-0.4, -0.2) is 11.8 Å². The van der Waals surface area contributed by atoms with Gasteiger partial charge in [-0.2, -0.15) is 0 Å². The van der Waals surface area contributed by atoms with E-state index in [1.165, 1.54) is 21.6 Å². The van der Waals surface area contributed by atoms with Gasteiger partial charge in [-0.15, -0.1) is 0 Å². The molecule has 1 saturated carbocycles. The summed E-state index contributed by atoms with van der Waals surface area (Å²) in [6.45, 7) is 4.18. The van der Waals surface area contributed by atoms with Gasteiger partial charge in [0, 0.05) is 15.4 Å². The third-order valence-electron chi connectivity index (χ3n) is 7.48. The molecule has 3 nitrogen and oxygen atoms in total. The summed E-state index contributed by atoms with van der Waals surface area (Å²) in [5.41, 5.74) is 7.77. The molecule has 1 saturated heterocycles. The molecule has 3 aromatic rings. The van der Waals surface area contributed by atoms with Crippen LogP contribution < -0.4 is 4.90 Å². The Balaban J connectivity index is 1.50. The van der Waals surface area contributed by atoms with Gasteiger partial charge in [0.2, 0.25) is 11.8 Å². The fraction of sp³-hybridized carbons (Fsp3) is 0.200. The monoisotopic (exact) mass is 557 g/mol. The summed E-state index contributed by atoms with van der Waals surface area (Å²) in [6, 6.07) is 24.8. The quantitative estimate of drug-likeness (QED) is 0.215. The van der Waals surface area contributed by atoms with Crippen molar-refractivity contribution < 1.29 is 9.59 Å². The van der Waals surface area contributed by atoms with Crippen LogP contribution in [0, 0.1) is 41.1 Å². The lowest BCUT2D eigenvalue weighted by Crippen LogP contribution is -2.33. The standard InChI is InChI=1S/C30H24INO2/c1-17-7-11-19(12-8-17)25(20-13-9-18(2)10-14-20)26-21-15-16-22(26)28-27(21)29(33)32(30(28)34)24-6-4-3-5-23(24)31/h3-16,21-22,27-28H,1-2H3/t21-,22-,27+,28+/m1/s1. The van der Waals surface area contributed by atoms with Crippen molar-refractivity contribution in [3.63, 3.8) is 0 Å². The number of halogens is 1. The maximum atomic E-state index is 13.7. The predicted octanol–water partition coefficient (Wildman–Crippen LogP) is 6.33. The molecule has 6 rings (SSSR count). The van der Waals surface area contributed by atoms with Crippen LogP contribution in [0.15, 0.2) is 90.5 Å². The number of allylic oxidation sites excluding steroid dienone is 3. The maximum Gasteiger partial charge on any atom is 0.238 e. The second-order valence-corrected chi connectivity index (χ2v) is 10.7. The van der Waals surface area contributed by atoms with Gasteiger partial charge >= 0.3 is 0 Å². The number of rotatable bonds is 3. The van der Waals surface area contributed by atoms with E-state index in [0.717, 1.165) is 20.3 Å². The molecule has 2 aliphatic carbocycles. The molecule has 4 atom stereocenters. The third-order valence-corrected chi connectivity index (χ3v) is 8.39. The first-order chi connectivity index (χ1) is 16.5. The molecular formula is C30H24INO2. The van der Waals surface area contributed by atoms with Gasteiger partial charge in [0.15, 0.2) is 0 Å². The van der Waals surface area contributed by atoms with E-state index < -0.39 is 0 Å². The van der Waals surface area contributed by atoms with E-state index in [2.05, 4.69) is 97.1 Å². The average Bonchev–Trinajstić information content (AvgIpc) is 3.46.